The van der Waals surface area contributed by atoms with Crippen LogP contribution >= 0.6 is 11.8 Å². The molecule has 1 atom stereocenters. The van der Waals surface area contributed by atoms with Gasteiger partial charge in [0.2, 0.25) is 5.91 Å². The number of nitrogens with zero attached hydrogens (tertiary/aromatic N) is 3. The van der Waals surface area contributed by atoms with Crippen LogP contribution in [0.4, 0.5) is 4.79 Å². The molecule has 1 aliphatic heterocycles. The van der Waals surface area contributed by atoms with Gasteiger partial charge in [-0.15, -0.1) is 0 Å². The molecule has 0 aromatic rings. The van der Waals surface area contributed by atoms with Crippen LogP contribution in [-0.2, 0) is 4.79 Å². The zero-order valence-electron chi connectivity index (χ0n) is 10.6. The second-order valence-electron chi connectivity index (χ2n) is 4.30. The molecule has 0 spiro atoms. The molecule has 0 fully saturated rings. The molecule has 1 N–H and O–H groups in total. The number of rotatable bonds is 4. The number of carbonyl (C=O) groups is 2. The van der Waals surface area contributed by atoms with Crippen molar-refractivity contribution >= 4 is 28.7 Å². The largest absolute Gasteiger partial charge is 0.360 e. The number of thioether (sulfide) groups is 1. The van der Waals surface area contributed by atoms with Crippen molar-refractivity contribution in [1.29, 1.82) is 0 Å². The second-order valence-corrected chi connectivity index (χ2v) is 5.23. The first-order valence-corrected chi connectivity index (χ1v) is 6.25. The van der Waals surface area contributed by atoms with Gasteiger partial charge in [-0.2, -0.15) is 4.99 Å². The minimum Gasteiger partial charge on any atom is -0.360 e. The quantitative estimate of drug-likeness (QED) is 0.760. The van der Waals surface area contributed by atoms with E-state index in [2.05, 4.69) is 10.3 Å². The van der Waals surface area contributed by atoms with Crippen molar-refractivity contribution < 1.29 is 9.59 Å². The van der Waals surface area contributed by atoms with Gasteiger partial charge in [0, 0.05) is 20.6 Å². The summed E-state index contributed by atoms with van der Waals surface area (Å²) in [5.74, 6) is 1.08. The molecule has 0 aliphatic carbocycles. The normalized spacial score (nSPS) is 17.0. The van der Waals surface area contributed by atoms with E-state index >= 15 is 0 Å². The van der Waals surface area contributed by atoms with Crippen molar-refractivity contribution in [3.8, 4) is 0 Å². The van der Waals surface area contributed by atoms with Crippen LogP contribution in [-0.4, -0.2) is 73.3 Å². The fourth-order valence-electron chi connectivity index (χ4n) is 1.44. The Kier molecular flexibility index (Phi) is 4.95. The van der Waals surface area contributed by atoms with E-state index < -0.39 is 0 Å². The lowest BCUT2D eigenvalue weighted by Gasteiger charge is -2.24. The van der Waals surface area contributed by atoms with Gasteiger partial charge in [-0.1, -0.05) is 11.8 Å². The van der Waals surface area contributed by atoms with Crippen LogP contribution in [0.3, 0.4) is 0 Å². The number of likely N-dealkylation sites (N-methyl/N-ethyl adjacent to an activating group) is 2. The van der Waals surface area contributed by atoms with Crippen molar-refractivity contribution in [1.82, 2.24) is 15.1 Å². The molecule has 0 radical (unpaired) electrons. The number of hydrogen-bond donors (Lipinski definition) is 1. The summed E-state index contributed by atoms with van der Waals surface area (Å²) in [4.78, 5) is 30.2. The molecule has 1 aliphatic rings. The molecule has 6 nitrogen and oxygen atoms in total. The third kappa shape index (κ3) is 4.35. The molecule has 7 heteroatoms. The number of hydrogen-bond acceptors (Lipinski definition) is 5. The summed E-state index contributed by atoms with van der Waals surface area (Å²) in [6.07, 6.45) is 0. The summed E-state index contributed by atoms with van der Waals surface area (Å²) in [7, 11) is 7.22. The van der Waals surface area contributed by atoms with Gasteiger partial charge in [0.05, 0.1) is 5.75 Å². The lowest BCUT2D eigenvalue weighted by molar-refractivity contribution is -0.130. The van der Waals surface area contributed by atoms with Crippen LogP contribution in [0.25, 0.3) is 0 Å². The van der Waals surface area contributed by atoms with Crippen LogP contribution in [0.1, 0.15) is 0 Å². The maximum absolute atomic E-state index is 11.9. The summed E-state index contributed by atoms with van der Waals surface area (Å²) in [6.45, 7) is 0.564. The highest BCUT2D eigenvalue weighted by Gasteiger charge is 2.24. The van der Waals surface area contributed by atoms with E-state index in [1.807, 2.05) is 19.0 Å². The summed E-state index contributed by atoms with van der Waals surface area (Å²) in [6, 6.07) is -0.370. The molecule has 0 unspecified atom stereocenters. The lowest BCUT2D eigenvalue weighted by Crippen LogP contribution is -2.51. The first-order valence-electron chi connectivity index (χ1n) is 5.27. The summed E-state index contributed by atoms with van der Waals surface area (Å²) >= 11 is 1.14. The summed E-state index contributed by atoms with van der Waals surface area (Å²) < 4.78 is 0. The van der Waals surface area contributed by atoms with E-state index in [4.69, 9.17) is 0 Å². The number of amidine groups is 1. The fourth-order valence-corrected chi connectivity index (χ4v) is 2.03. The summed E-state index contributed by atoms with van der Waals surface area (Å²) in [5.41, 5.74) is 0. The average molecular weight is 258 g/mol. The molecule has 0 aromatic heterocycles. The zero-order chi connectivity index (χ0) is 13.0. The number of amides is 2. The molecular weight excluding hydrogens is 240 g/mol. The third-order valence-electron chi connectivity index (χ3n) is 2.19. The van der Waals surface area contributed by atoms with Crippen LogP contribution in [0.2, 0.25) is 0 Å². The van der Waals surface area contributed by atoms with E-state index in [0.717, 1.165) is 11.8 Å². The summed E-state index contributed by atoms with van der Waals surface area (Å²) in [5, 5.41) is 2.83. The Morgan fingerprint density at radius 2 is 2.12 bits per heavy atom. The molecule has 96 valence electrons. The third-order valence-corrected chi connectivity index (χ3v) is 2.94. The van der Waals surface area contributed by atoms with Gasteiger partial charge in [-0.25, -0.2) is 0 Å². The molecule has 1 heterocycles. The molecule has 1 rings (SSSR count). The Balaban J connectivity index is 2.67. The predicted octanol–water partition coefficient (Wildman–Crippen LogP) is -0.140. The van der Waals surface area contributed by atoms with Crippen LogP contribution < -0.4 is 5.32 Å². The number of aliphatic imine (C=N–C) groups is 1. The molecule has 0 saturated carbocycles. The van der Waals surface area contributed by atoms with E-state index in [9.17, 15) is 9.59 Å². The maximum atomic E-state index is 11.9. The molecular formula is C10H18N4O2S. The number of carbonyl (C=O) groups excluding carboxylic acids is 2. The Morgan fingerprint density at radius 3 is 2.53 bits per heavy atom. The Labute approximate surface area is 105 Å². The first-order chi connectivity index (χ1) is 7.90. The molecule has 0 bridgehead atoms. The highest BCUT2D eigenvalue weighted by atomic mass is 32.2. The van der Waals surface area contributed by atoms with Crippen molar-refractivity contribution in [2.24, 2.45) is 4.99 Å². The second kappa shape index (κ2) is 6.02. The predicted molar refractivity (Wildman–Crippen MR) is 69.5 cm³/mol. The Hall–Kier alpha value is -1.08. The molecule has 0 aromatic carbocycles. The molecule has 2 amide bonds. The minimum atomic E-state index is -0.370. The van der Waals surface area contributed by atoms with Crippen LogP contribution in [0.5, 0.6) is 0 Å². The SMILES string of the molecule is CN(C)C[C@H](NC1=NC(=O)SC1)C(=O)N(C)C. The van der Waals surface area contributed by atoms with Gasteiger partial charge in [0.1, 0.15) is 11.9 Å². The van der Waals surface area contributed by atoms with E-state index in [0.29, 0.717) is 18.1 Å². The monoisotopic (exact) mass is 258 g/mol. The van der Waals surface area contributed by atoms with Gasteiger partial charge in [-0.3, -0.25) is 9.59 Å². The van der Waals surface area contributed by atoms with Crippen molar-refractivity contribution in [3.63, 3.8) is 0 Å². The first kappa shape index (κ1) is 14.0. The highest BCUT2D eigenvalue weighted by Crippen LogP contribution is 2.12. The van der Waals surface area contributed by atoms with E-state index in [1.54, 1.807) is 14.1 Å². The minimum absolute atomic E-state index is 0.0225. The smallest absolute Gasteiger partial charge is 0.306 e. The van der Waals surface area contributed by atoms with E-state index in [-0.39, 0.29) is 17.2 Å². The molecule has 0 saturated heterocycles. The van der Waals surface area contributed by atoms with Gasteiger partial charge in [0.15, 0.2) is 0 Å². The van der Waals surface area contributed by atoms with Crippen molar-refractivity contribution in [3.05, 3.63) is 0 Å². The van der Waals surface area contributed by atoms with Crippen LogP contribution in [0, 0.1) is 0 Å². The molecule has 17 heavy (non-hydrogen) atoms. The van der Waals surface area contributed by atoms with Gasteiger partial charge >= 0.3 is 5.24 Å². The number of nitrogens with one attached hydrogen (secondary N) is 1. The van der Waals surface area contributed by atoms with Crippen molar-refractivity contribution in [2.45, 2.75) is 6.04 Å². The lowest BCUT2D eigenvalue weighted by atomic mass is 10.2. The highest BCUT2D eigenvalue weighted by molar-refractivity contribution is 8.14. The fraction of sp³-hybridized carbons (Fsp3) is 0.700. The van der Waals surface area contributed by atoms with E-state index in [1.165, 1.54) is 4.90 Å². The topological polar surface area (TPSA) is 65.0 Å². The van der Waals surface area contributed by atoms with Gasteiger partial charge in [0.25, 0.3) is 0 Å². The van der Waals surface area contributed by atoms with Crippen LogP contribution in [0.15, 0.2) is 4.99 Å². The zero-order valence-corrected chi connectivity index (χ0v) is 11.4. The maximum Gasteiger partial charge on any atom is 0.306 e. The van der Waals surface area contributed by atoms with Gasteiger partial charge < -0.3 is 15.1 Å². The Morgan fingerprint density at radius 1 is 1.47 bits per heavy atom. The Bertz CT molecular complexity index is 341. The van der Waals surface area contributed by atoms with Gasteiger partial charge in [-0.05, 0) is 14.1 Å². The average Bonchev–Trinajstić information content (AvgIpc) is 2.61. The van der Waals surface area contributed by atoms with Crippen molar-refractivity contribution in [2.75, 3.05) is 40.5 Å². The standard InChI is InChI=1S/C10H18N4O2S/c1-13(2)5-7(9(15)14(3)4)11-8-6-17-10(16)12-8/h7H,5-6H2,1-4H3,(H,11,12,16)/t7-/m0/s1.